The topological polar surface area (TPSA) is 38.3 Å². The quantitative estimate of drug-likeness (QED) is 0.775. The van der Waals surface area contributed by atoms with E-state index in [2.05, 4.69) is 19.2 Å². The number of ether oxygens (including phenoxy) is 1. The molecule has 1 N–H and O–H groups in total. The highest BCUT2D eigenvalue weighted by atomic mass is 16.6. The zero-order valence-electron chi connectivity index (χ0n) is 13.1. The molecule has 0 aliphatic carbocycles. The van der Waals surface area contributed by atoms with Gasteiger partial charge in [0, 0.05) is 0 Å². The Balaban J connectivity index is 2.53. The highest BCUT2D eigenvalue weighted by Crippen LogP contribution is 2.23. The molecule has 0 aromatic heterocycles. The van der Waals surface area contributed by atoms with Gasteiger partial charge >= 0.3 is 6.09 Å². The van der Waals surface area contributed by atoms with Gasteiger partial charge in [-0.1, -0.05) is 50.6 Å². The van der Waals surface area contributed by atoms with Crippen molar-refractivity contribution in [1.82, 2.24) is 5.32 Å². The largest absolute Gasteiger partial charge is 0.443 e. The van der Waals surface area contributed by atoms with E-state index >= 15 is 0 Å². The zero-order valence-corrected chi connectivity index (χ0v) is 13.1. The molecule has 0 aliphatic rings. The second-order valence-corrected chi connectivity index (χ2v) is 5.57. The molecular weight excluding hydrogens is 250 g/mol. The summed E-state index contributed by atoms with van der Waals surface area (Å²) in [4.78, 5) is 12.0. The fourth-order valence-corrected chi connectivity index (χ4v) is 2.11. The first-order valence-electron chi connectivity index (χ1n) is 7.55. The highest BCUT2D eigenvalue weighted by Gasteiger charge is 2.26. The first-order chi connectivity index (χ1) is 9.50. The van der Waals surface area contributed by atoms with Crippen molar-refractivity contribution in [3.8, 4) is 0 Å². The summed E-state index contributed by atoms with van der Waals surface area (Å²) in [6.07, 6.45) is 3.60. The molecule has 0 saturated heterocycles. The Morgan fingerprint density at radius 2 is 1.95 bits per heavy atom. The Morgan fingerprint density at radius 1 is 1.30 bits per heavy atom. The molecule has 112 valence electrons. The predicted molar refractivity (Wildman–Crippen MR) is 82.7 cm³/mol. The Kier molecular flexibility index (Phi) is 6.56. The number of hydrogen-bond acceptors (Lipinski definition) is 2. The maximum Gasteiger partial charge on any atom is 0.408 e. The van der Waals surface area contributed by atoms with Crippen LogP contribution in [0.3, 0.4) is 0 Å². The van der Waals surface area contributed by atoms with Gasteiger partial charge in [-0.25, -0.2) is 4.79 Å². The average Bonchev–Trinajstić information content (AvgIpc) is 2.46. The molecule has 1 rings (SSSR count). The standard InChI is InChI=1S/C17H27NO2/c1-5-7-13-17(4,6-2)20-16(19)18-14(3)15-11-9-8-10-12-15/h8-12,14H,5-7,13H2,1-4H3,(H,18,19). The second-order valence-electron chi connectivity index (χ2n) is 5.57. The molecular formula is C17H27NO2. The van der Waals surface area contributed by atoms with E-state index in [1.54, 1.807) is 0 Å². The predicted octanol–water partition coefficient (Wildman–Crippen LogP) is 4.83. The van der Waals surface area contributed by atoms with Crippen LogP contribution in [0.2, 0.25) is 0 Å². The molecule has 2 atom stereocenters. The summed E-state index contributed by atoms with van der Waals surface area (Å²) < 4.78 is 5.63. The summed E-state index contributed by atoms with van der Waals surface area (Å²) in [5, 5.41) is 2.90. The molecule has 0 saturated carbocycles. The summed E-state index contributed by atoms with van der Waals surface area (Å²) in [6.45, 7) is 8.18. The van der Waals surface area contributed by atoms with Crippen LogP contribution in [0.25, 0.3) is 0 Å². The van der Waals surface area contributed by atoms with Gasteiger partial charge < -0.3 is 10.1 Å². The van der Waals surface area contributed by atoms with Crippen molar-refractivity contribution >= 4 is 6.09 Å². The van der Waals surface area contributed by atoms with Crippen molar-refractivity contribution in [3.63, 3.8) is 0 Å². The lowest BCUT2D eigenvalue weighted by Gasteiger charge is -2.29. The smallest absolute Gasteiger partial charge is 0.408 e. The van der Waals surface area contributed by atoms with Crippen LogP contribution in [-0.4, -0.2) is 11.7 Å². The summed E-state index contributed by atoms with van der Waals surface area (Å²) in [5.41, 5.74) is 0.715. The van der Waals surface area contributed by atoms with Crippen LogP contribution in [0.15, 0.2) is 30.3 Å². The van der Waals surface area contributed by atoms with Crippen molar-refractivity contribution in [2.45, 2.75) is 65.0 Å². The number of benzene rings is 1. The Bertz CT molecular complexity index is 405. The summed E-state index contributed by atoms with van der Waals surface area (Å²) >= 11 is 0. The molecule has 0 fully saturated rings. The molecule has 1 aromatic rings. The number of rotatable bonds is 7. The fourth-order valence-electron chi connectivity index (χ4n) is 2.11. The molecule has 2 unspecified atom stereocenters. The van der Waals surface area contributed by atoms with Crippen LogP contribution in [0, 0.1) is 0 Å². The van der Waals surface area contributed by atoms with E-state index < -0.39 is 0 Å². The number of carbonyl (C=O) groups excluding carboxylic acids is 1. The third-order valence-corrected chi connectivity index (χ3v) is 3.78. The Hall–Kier alpha value is -1.51. The van der Waals surface area contributed by atoms with Crippen molar-refractivity contribution in [2.75, 3.05) is 0 Å². The number of hydrogen-bond donors (Lipinski definition) is 1. The van der Waals surface area contributed by atoms with Gasteiger partial charge in [-0.05, 0) is 38.7 Å². The third kappa shape index (κ3) is 5.24. The van der Waals surface area contributed by atoms with E-state index in [0.29, 0.717) is 0 Å². The normalized spacial score (nSPS) is 15.2. The van der Waals surface area contributed by atoms with Gasteiger partial charge in [0.1, 0.15) is 5.60 Å². The third-order valence-electron chi connectivity index (χ3n) is 3.78. The Labute approximate surface area is 122 Å². The van der Waals surface area contributed by atoms with Gasteiger partial charge in [-0.15, -0.1) is 0 Å². The molecule has 3 heteroatoms. The van der Waals surface area contributed by atoms with E-state index in [1.807, 2.05) is 44.2 Å². The minimum absolute atomic E-state index is 0.0454. The molecule has 20 heavy (non-hydrogen) atoms. The van der Waals surface area contributed by atoms with E-state index in [0.717, 1.165) is 31.2 Å². The summed E-state index contributed by atoms with van der Waals surface area (Å²) in [5.74, 6) is 0. The maximum atomic E-state index is 12.0. The van der Waals surface area contributed by atoms with Crippen molar-refractivity contribution in [1.29, 1.82) is 0 Å². The zero-order chi connectivity index (χ0) is 15.0. The minimum Gasteiger partial charge on any atom is -0.443 e. The lowest BCUT2D eigenvalue weighted by Crippen LogP contribution is -2.37. The fraction of sp³-hybridized carbons (Fsp3) is 0.588. The van der Waals surface area contributed by atoms with Crippen LogP contribution >= 0.6 is 0 Å². The van der Waals surface area contributed by atoms with Gasteiger partial charge in [-0.2, -0.15) is 0 Å². The lowest BCUT2D eigenvalue weighted by molar-refractivity contribution is 0.0127. The Morgan fingerprint density at radius 3 is 2.50 bits per heavy atom. The van der Waals surface area contributed by atoms with Gasteiger partial charge in [-0.3, -0.25) is 0 Å². The van der Waals surface area contributed by atoms with E-state index in [-0.39, 0.29) is 17.7 Å². The van der Waals surface area contributed by atoms with Crippen LogP contribution in [0.1, 0.15) is 65.0 Å². The molecule has 1 aromatic carbocycles. The minimum atomic E-state index is -0.365. The molecule has 0 aliphatic heterocycles. The molecule has 0 radical (unpaired) electrons. The molecule has 0 spiro atoms. The van der Waals surface area contributed by atoms with E-state index in [4.69, 9.17) is 4.74 Å². The monoisotopic (exact) mass is 277 g/mol. The molecule has 0 bridgehead atoms. The first-order valence-corrected chi connectivity index (χ1v) is 7.55. The average molecular weight is 277 g/mol. The van der Waals surface area contributed by atoms with Gasteiger partial charge in [0.05, 0.1) is 6.04 Å². The number of alkyl carbamates (subject to hydrolysis) is 1. The summed E-state index contributed by atoms with van der Waals surface area (Å²) in [6, 6.07) is 9.86. The maximum absolute atomic E-state index is 12.0. The first kappa shape index (κ1) is 16.5. The van der Waals surface area contributed by atoms with Crippen LogP contribution in [-0.2, 0) is 4.74 Å². The summed E-state index contributed by atoms with van der Waals surface area (Å²) in [7, 11) is 0. The van der Waals surface area contributed by atoms with Gasteiger partial charge in [0.25, 0.3) is 0 Å². The van der Waals surface area contributed by atoms with E-state index in [1.165, 1.54) is 0 Å². The molecule has 0 heterocycles. The van der Waals surface area contributed by atoms with Crippen molar-refractivity contribution in [2.24, 2.45) is 0 Å². The number of carbonyl (C=O) groups is 1. The van der Waals surface area contributed by atoms with Crippen molar-refractivity contribution in [3.05, 3.63) is 35.9 Å². The number of unbranched alkanes of at least 4 members (excludes halogenated alkanes) is 1. The number of amides is 1. The van der Waals surface area contributed by atoms with Crippen LogP contribution in [0.5, 0.6) is 0 Å². The number of nitrogens with one attached hydrogen (secondary N) is 1. The van der Waals surface area contributed by atoms with Crippen LogP contribution < -0.4 is 5.32 Å². The second kappa shape index (κ2) is 7.93. The molecule has 1 amide bonds. The SMILES string of the molecule is CCCCC(C)(CC)OC(=O)NC(C)c1ccccc1. The molecule has 3 nitrogen and oxygen atoms in total. The highest BCUT2D eigenvalue weighted by molar-refractivity contribution is 5.68. The van der Waals surface area contributed by atoms with Gasteiger partial charge in [0.2, 0.25) is 0 Å². The van der Waals surface area contributed by atoms with Crippen molar-refractivity contribution < 1.29 is 9.53 Å². The van der Waals surface area contributed by atoms with Gasteiger partial charge in [0.15, 0.2) is 0 Å². The van der Waals surface area contributed by atoms with E-state index in [9.17, 15) is 4.79 Å². The lowest BCUT2D eigenvalue weighted by atomic mass is 9.96. The van der Waals surface area contributed by atoms with Crippen LogP contribution in [0.4, 0.5) is 4.79 Å².